The Balaban J connectivity index is 1.09. The Labute approximate surface area is 219 Å². The number of benzene rings is 1. The molecule has 1 aliphatic carbocycles. The lowest BCUT2D eigenvalue weighted by Gasteiger charge is -2.38. The van der Waals surface area contributed by atoms with E-state index >= 15 is 0 Å². The van der Waals surface area contributed by atoms with Crippen LogP contribution >= 0.6 is 11.6 Å². The first-order chi connectivity index (χ1) is 18.0. The molecular weight excluding hydrogens is 490 g/mol. The summed E-state index contributed by atoms with van der Waals surface area (Å²) in [5.74, 6) is 0.839. The number of hydrogen-bond acceptors (Lipinski definition) is 7. The van der Waals surface area contributed by atoms with Gasteiger partial charge in [0, 0.05) is 36.5 Å². The lowest BCUT2D eigenvalue weighted by molar-refractivity contribution is 0.0951. The van der Waals surface area contributed by atoms with Crippen LogP contribution in [-0.2, 0) is 13.1 Å². The van der Waals surface area contributed by atoms with Crippen molar-refractivity contribution in [3.63, 3.8) is 0 Å². The zero-order chi connectivity index (χ0) is 25.4. The van der Waals surface area contributed by atoms with Gasteiger partial charge in [0.15, 0.2) is 0 Å². The molecule has 0 bridgehead atoms. The van der Waals surface area contributed by atoms with Crippen LogP contribution in [0.5, 0.6) is 0 Å². The van der Waals surface area contributed by atoms with Crippen molar-refractivity contribution in [3.8, 4) is 5.69 Å². The lowest BCUT2D eigenvalue weighted by Crippen LogP contribution is -2.33. The first kappa shape index (κ1) is 23.6. The number of nitrogens with zero attached hydrogens (tertiary/aromatic N) is 8. The molecule has 0 atom stereocenters. The second kappa shape index (κ2) is 9.59. The van der Waals surface area contributed by atoms with Gasteiger partial charge < -0.3 is 10.2 Å². The Morgan fingerprint density at radius 2 is 2.05 bits per heavy atom. The number of aromatic nitrogens is 7. The minimum absolute atomic E-state index is 0.224. The van der Waals surface area contributed by atoms with E-state index in [1.54, 1.807) is 29.2 Å². The van der Waals surface area contributed by atoms with Crippen LogP contribution < -0.4 is 10.2 Å². The molecule has 2 fully saturated rings. The van der Waals surface area contributed by atoms with Gasteiger partial charge in [0.25, 0.3) is 5.91 Å². The van der Waals surface area contributed by atoms with Crippen molar-refractivity contribution in [1.82, 2.24) is 40.3 Å². The van der Waals surface area contributed by atoms with Crippen molar-refractivity contribution >= 4 is 23.3 Å². The van der Waals surface area contributed by atoms with Crippen LogP contribution in [0.15, 0.2) is 49.1 Å². The normalized spacial score (nSPS) is 16.2. The molecule has 3 aromatic heterocycles. The maximum Gasteiger partial charge on any atom is 0.254 e. The Bertz CT molecular complexity index is 1430. The SMILES string of the molecule is Cc1nc(N2CCC3(CCC3)C2)ccc1Cn1cc(C(=O)NCc2cc(Cl)ccc2-n2cnnn2)cn1. The van der Waals surface area contributed by atoms with E-state index in [4.69, 9.17) is 16.6 Å². The second-order valence-electron chi connectivity index (χ2n) is 10.1. The fourth-order valence-electron chi connectivity index (χ4n) is 5.35. The van der Waals surface area contributed by atoms with E-state index in [0.717, 1.165) is 41.4 Å². The molecule has 1 saturated carbocycles. The van der Waals surface area contributed by atoms with Crippen molar-refractivity contribution < 1.29 is 4.79 Å². The first-order valence-electron chi connectivity index (χ1n) is 12.5. The molecule has 10 nitrogen and oxygen atoms in total. The second-order valence-corrected chi connectivity index (χ2v) is 10.5. The molecule has 37 heavy (non-hydrogen) atoms. The third-order valence-corrected chi connectivity index (χ3v) is 7.90. The van der Waals surface area contributed by atoms with Gasteiger partial charge in [-0.05, 0) is 77.4 Å². The maximum absolute atomic E-state index is 12.8. The van der Waals surface area contributed by atoms with Crippen LogP contribution in [0.4, 0.5) is 5.82 Å². The summed E-state index contributed by atoms with van der Waals surface area (Å²) in [7, 11) is 0. The predicted molar refractivity (Wildman–Crippen MR) is 139 cm³/mol. The number of rotatable bonds is 7. The summed E-state index contributed by atoms with van der Waals surface area (Å²) >= 11 is 6.18. The summed E-state index contributed by atoms with van der Waals surface area (Å²) in [6.45, 7) is 5.08. The summed E-state index contributed by atoms with van der Waals surface area (Å²) in [6.07, 6.45) is 10.2. The average Bonchev–Trinajstić information content (AvgIpc) is 3.64. The zero-order valence-corrected chi connectivity index (χ0v) is 21.4. The summed E-state index contributed by atoms with van der Waals surface area (Å²) < 4.78 is 3.30. The van der Waals surface area contributed by atoms with Gasteiger partial charge in [-0.3, -0.25) is 9.48 Å². The predicted octanol–water partition coefficient (Wildman–Crippen LogP) is 3.57. The number of aryl methyl sites for hydroxylation is 1. The van der Waals surface area contributed by atoms with Gasteiger partial charge in [0.2, 0.25) is 0 Å². The molecule has 2 aliphatic rings. The van der Waals surface area contributed by atoms with Crippen LogP contribution in [0.25, 0.3) is 5.69 Å². The van der Waals surface area contributed by atoms with Crippen molar-refractivity contribution in [2.75, 3.05) is 18.0 Å². The topological polar surface area (TPSA) is 107 Å². The number of carbonyl (C=O) groups excluding carboxylic acids is 1. The molecular formula is C26H28ClN9O. The third-order valence-electron chi connectivity index (χ3n) is 7.66. The van der Waals surface area contributed by atoms with E-state index in [1.165, 1.54) is 36.7 Å². The summed E-state index contributed by atoms with van der Waals surface area (Å²) in [4.78, 5) is 20.2. The molecule has 4 aromatic rings. The van der Waals surface area contributed by atoms with Crippen molar-refractivity contribution in [2.45, 2.75) is 45.7 Å². The molecule has 0 radical (unpaired) electrons. The smallest absolute Gasteiger partial charge is 0.254 e. The van der Waals surface area contributed by atoms with Gasteiger partial charge in [-0.2, -0.15) is 5.10 Å². The van der Waals surface area contributed by atoms with E-state index in [1.807, 2.05) is 13.0 Å². The van der Waals surface area contributed by atoms with E-state index in [0.29, 0.717) is 22.5 Å². The quantitative estimate of drug-likeness (QED) is 0.399. The molecule has 1 N–H and O–H groups in total. The van der Waals surface area contributed by atoms with Gasteiger partial charge >= 0.3 is 0 Å². The fraction of sp³-hybridized carbons (Fsp3) is 0.385. The van der Waals surface area contributed by atoms with Crippen molar-refractivity contribution in [2.24, 2.45) is 5.41 Å². The van der Waals surface area contributed by atoms with Gasteiger partial charge in [0.1, 0.15) is 12.1 Å². The molecule has 0 unspecified atom stereocenters. The Hall–Kier alpha value is -3.79. The minimum atomic E-state index is -0.224. The number of carbonyl (C=O) groups is 1. The summed E-state index contributed by atoms with van der Waals surface area (Å²) in [5.41, 5.74) is 4.64. The molecule has 11 heteroatoms. The van der Waals surface area contributed by atoms with Crippen LogP contribution in [0.1, 0.15) is 52.9 Å². The lowest BCUT2D eigenvalue weighted by atomic mass is 9.68. The van der Waals surface area contributed by atoms with Gasteiger partial charge in [-0.15, -0.1) is 5.10 Å². The Kier molecular flexibility index (Phi) is 6.11. The van der Waals surface area contributed by atoms with E-state index in [9.17, 15) is 4.79 Å². The Morgan fingerprint density at radius 1 is 1.16 bits per heavy atom. The molecule has 4 heterocycles. The average molecular weight is 518 g/mol. The molecule has 190 valence electrons. The number of anilines is 1. The van der Waals surface area contributed by atoms with Gasteiger partial charge in [-0.25, -0.2) is 9.67 Å². The zero-order valence-electron chi connectivity index (χ0n) is 20.6. The van der Waals surface area contributed by atoms with Gasteiger partial charge in [0.05, 0.1) is 24.0 Å². The number of halogens is 1. The van der Waals surface area contributed by atoms with E-state index in [2.05, 4.69) is 43.0 Å². The van der Waals surface area contributed by atoms with Crippen LogP contribution in [-0.4, -0.2) is 54.0 Å². The highest BCUT2D eigenvalue weighted by Crippen LogP contribution is 2.48. The molecule has 1 spiro atoms. The third kappa shape index (κ3) is 4.81. The van der Waals surface area contributed by atoms with Crippen LogP contribution in [0, 0.1) is 12.3 Å². The number of amides is 1. The fourth-order valence-corrected chi connectivity index (χ4v) is 5.54. The number of pyridine rings is 1. The summed E-state index contributed by atoms with van der Waals surface area (Å²) in [5, 5.41) is 19.2. The molecule has 6 rings (SSSR count). The highest BCUT2D eigenvalue weighted by molar-refractivity contribution is 6.30. The van der Waals surface area contributed by atoms with Gasteiger partial charge in [-0.1, -0.05) is 24.1 Å². The van der Waals surface area contributed by atoms with Crippen molar-refractivity contribution in [1.29, 1.82) is 0 Å². The highest BCUT2D eigenvalue weighted by atomic mass is 35.5. The van der Waals surface area contributed by atoms with Crippen molar-refractivity contribution in [3.05, 3.63) is 76.5 Å². The summed E-state index contributed by atoms with van der Waals surface area (Å²) in [6, 6.07) is 9.60. The molecule has 1 aliphatic heterocycles. The Morgan fingerprint density at radius 3 is 2.78 bits per heavy atom. The largest absolute Gasteiger partial charge is 0.356 e. The number of hydrogen-bond donors (Lipinski definition) is 1. The maximum atomic E-state index is 12.8. The van der Waals surface area contributed by atoms with Crippen LogP contribution in [0.2, 0.25) is 5.02 Å². The van der Waals surface area contributed by atoms with E-state index < -0.39 is 0 Å². The highest BCUT2D eigenvalue weighted by Gasteiger charge is 2.43. The molecule has 1 saturated heterocycles. The van der Waals surface area contributed by atoms with E-state index in [-0.39, 0.29) is 12.5 Å². The van der Waals surface area contributed by atoms with Crippen LogP contribution in [0.3, 0.4) is 0 Å². The standard InChI is InChI=1S/C26H28ClN9O/c1-18-19(3-6-24(31-18)34-10-9-26(16-34)7-2-8-26)14-35-15-21(13-30-35)25(37)28-12-20-11-22(27)4-5-23(20)36-17-29-32-33-36/h3-6,11,13,15,17H,2,7-10,12,14,16H2,1H3,(H,28,37). The molecule has 1 aromatic carbocycles. The molecule has 1 amide bonds. The number of nitrogens with one attached hydrogen (secondary N) is 1. The minimum Gasteiger partial charge on any atom is -0.356 e. The monoisotopic (exact) mass is 517 g/mol. The number of tetrazole rings is 1. The first-order valence-corrected chi connectivity index (χ1v) is 12.9.